The van der Waals surface area contributed by atoms with Crippen LogP contribution in [0.25, 0.3) is 0 Å². The molecule has 0 spiro atoms. The molecule has 96 valence electrons. The molecule has 0 saturated carbocycles. The molecule has 0 saturated heterocycles. The topological polar surface area (TPSA) is 29.1 Å². The fourth-order valence-electron chi connectivity index (χ4n) is 1.26. The minimum Gasteiger partial charge on any atom is -0.348 e. The maximum atomic E-state index is 13.5. The molecule has 1 amide bonds. The summed E-state index contributed by atoms with van der Waals surface area (Å²) in [5.74, 6) is -1.99. The fourth-order valence-corrected chi connectivity index (χ4v) is 1.26. The predicted octanol–water partition coefficient (Wildman–Crippen LogP) is 2.80. The van der Waals surface area contributed by atoms with Crippen LogP contribution in [0.2, 0.25) is 0 Å². The highest BCUT2D eigenvalue weighted by molar-refractivity contribution is 5.87. The van der Waals surface area contributed by atoms with Crippen LogP contribution in [0.3, 0.4) is 0 Å². The summed E-state index contributed by atoms with van der Waals surface area (Å²) in [5, 5.41) is 2.22. The van der Waals surface area contributed by atoms with E-state index < -0.39 is 23.5 Å². The van der Waals surface area contributed by atoms with Crippen LogP contribution in [0, 0.1) is 5.82 Å². The quantitative estimate of drug-likeness (QED) is 0.505. The molecule has 6 heteroatoms. The molecule has 0 atom stereocenters. The van der Waals surface area contributed by atoms with Gasteiger partial charge in [-0.25, -0.2) is 4.39 Å². The Morgan fingerprint density at radius 3 is 2.67 bits per heavy atom. The monoisotopic (exact) mass is 259 g/mol. The second-order valence-corrected chi connectivity index (χ2v) is 3.34. The lowest BCUT2D eigenvalue weighted by Gasteiger charge is -2.11. The summed E-state index contributed by atoms with van der Waals surface area (Å²) in [4.78, 5) is 11.0. The van der Waals surface area contributed by atoms with Crippen LogP contribution in [0.5, 0.6) is 0 Å². The van der Waals surface area contributed by atoms with Crippen LogP contribution in [-0.4, -0.2) is 5.91 Å². The van der Waals surface area contributed by atoms with E-state index in [1.54, 1.807) is 0 Å². The highest BCUT2D eigenvalue weighted by Crippen LogP contribution is 2.32. The van der Waals surface area contributed by atoms with Crippen molar-refractivity contribution in [1.29, 1.82) is 0 Å². The molecule has 1 aromatic rings. The number of alkyl halides is 3. The first-order chi connectivity index (χ1) is 8.36. The van der Waals surface area contributed by atoms with Gasteiger partial charge in [0.2, 0.25) is 0 Å². The lowest BCUT2D eigenvalue weighted by molar-refractivity contribution is -0.140. The van der Waals surface area contributed by atoms with E-state index in [1.807, 2.05) is 0 Å². The van der Waals surface area contributed by atoms with Gasteiger partial charge in [-0.2, -0.15) is 13.2 Å². The molecule has 0 heterocycles. The van der Waals surface area contributed by atoms with Gasteiger partial charge in [0.1, 0.15) is 5.82 Å². The Hall–Kier alpha value is -2.07. The Kier molecular flexibility index (Phi) is 4.28. The molecule has 0 bridgehead atoms. The van der Waals surface area contributed by atoms with Crippen molar-refractivity contribution < 1.29 is 22.4 Å². The van der Waals surface area contributed by atoms with Crippen molar-refractivity contribution in [3.8, 4) is 0 Å². The molecule has 0 aliphatic heterocycles. The van der Waals surface area contributed by atoms with Crippen molar-refractivity contribution in [1.82, 2.24) is 5.32 Å². The first-order valence-electron chi connectivity index (χ1n) is 4.84. The van der Waals surface area contributed by atoms with Gasteiger partial charge in [-0.3, -0.25) is 4.79 Å². The summed E-state index contributed by atoms with van der Waals surface area (Å²) >= 11 is 0. The Labute approximate surface area is 101 Å². The Bertz CT molecular complexity index is 501. The summed E-state index contributed by atoms with van der Waals surface area (Å²) in [6.07, 6.45) is -3.80. The molecular formula is C12H9F4NO. The summed E-state index contributed by atoms with van der Waals surface area (Å²) in [7, 11) is 0. The maximum Gasteiger partial charge on any atom is 0.419 e. The predicted molar refractivity (Wildman–Crippen MR) is 57.0 cm³/mol. The van der Waals surface area contributed by atoms with Crippen LogP contribution in [-0.2, 0) is 17.5 Å². The van der Waals surface area contributed by atoms with Gasteiger partial charge in [0.25, 0.3) is 5.91 Å². The fraction of sp³-hybridized carbons (Fsp3) is 0.167. The second-order valence-electron chi connectivity index (χ2n) is 3.34. The minimum absolute atomic E-state index is 0.240. The van der Waals surface area contributed by atoms with Crippen LogP contribution in [0.4, 0.5) is 17.6 Å². The van der Waals surface area contributed by atoms with Crippen LogP contribution < -0.4 is 5.32 Å². The Morgan fingerprint density at radius 1 is 1.44 bits per heavy atom. The van der Waals surface area contributed by atoms with E-state index in [1.165, 1.54) is 6.07 Å². The number of rotatable bonds is 3. The van der Waals surface area contributed by atoms with Gasteiger partial charge in [0.05, 0.1) is 5.56 Å². The van der Waals surface area contributed by atoms with E-state index >= 15 is 0 Å². The number of halogens is 4. The largest absolute Gasteiger partial charge is 0.419 e. The highest BCUT2D eigenvalue weighted by atomic mass is 19.4. The first-order valence-corrected chi connectivity index (χ1v) is 4.84. The third-order valence-corrected chi connectivity index (χ3v) is 2.07. The number of hydrogen-bond donors (Lipinski definition) is 1. The summed E-state index contributed by atoms with van der Waals surface area (Å²) in [6, 6.07) is 2.89. The molecule has 0 aromatic heterocycles. The Morgan fingerprint density at radius 2 is 2.11 bits per heavy atom. The zero-order chi connectivity index (χ0) is 13.8. The average molecular weight is 259 g/mol. The smallest absolute Gasteiger partial charge is 0.348 e. The molecule has 0 unspecified atom stereocenters. The SMILES string of the molecule is C=C=CC(=O)NCc1cccc(C(F)(F)F)c1F. The number of carbonyl (C=O) groups is 1. The van der Waals surface area contributed by atoms with Gasteiger partial charge >= 0.3 is 6.18 Å². The molecule has 0 radical (unpaired) electrons. The summed E-state index contributed by atoms with van der Waals surface area (Å²) in [6.45, 7) is 2.81. The highest BCUT2D eigenvalue weighted by Gasteiger charge is 2.34. The van der Waals surface area contributed by atoms with E-state index in [2.05, 4.69) is 17.6 Å². The number of nitrogens with one attached hydrogen (secondary N) is 1. The normalized spacial score (nSPS) is 10.7. The van der Waals surface area contributed by atoms with Crippen molar-refractivity contribution in [2.24, 2.45) is 0 Å². The molecule has 0 fully saturated rings. The number of benzene rings is 1. The zero-order valence-electron chi connectivity index (χ0n) is 9.14. The van der Waals surface area contributed by atoms with Crippen LogP contribution in [0.1, 0.15) is 11.1 Å². The standard InChI is InChI=1S/C12H9F4NO/c1-2-4-10(18)17-7-8-5-3-6-9(11(8)13)12(14,15)16/h3-6H,1,7H2,(H,17,18). The first kappa shape index (κ1) is 14.0. The third kappa shape index (κ3) is 3.46. The lowest BCUT2D eigenvalue weighted by atomic mass is 10.1. The number of amides is 1. The zero-order valence-corrected chi connectivity index (χ0v) is 9.14. The molecule has 0 aliphatic carbocycles. The van der Waals surface area contributed by atoms with E-state index in [9.17, 15) is 22.4 Å². The number of carbonyl (C=O) groups excluding carboxylic acids is 1. The van der Waals surface area contributed by atoms with Gasteiger partial charge in [-0.05, 0) is 6.07 Å². The molecule has 1 N–H and O–H groups in total. The maximum absolute atomic E-state index is 13.5. The van der Waals surface area contributed by atoms with Crippen molar-refractivity contribution in [2.45, 2.75) is 12.7 Å². The van der Waals surface area contributed by atoms with Gasteiger partial charge < -0.3 is 5.32 Å². The van der Waals surface area contributed by atoms with Crippen LogP contribution >= 0.6 is 0 Å². The second kappa shape index (κ2) is 5.51. The molecule has 18 heavy (non-hydrogen) atoms. The number of hydrogen-bond acceptors (Lipinski definition) is 1. The van der Waals surface area contributed by atoms with Crippen molar-refractivity contribution in [3.63, 3.8) is 0 Å². The van der Waals surface area contributed by atoms with E-state index in [4.69, 9.17) is 0 Å². The molecular weight excluding hydrogens is 250 g/mol. The van der Waals surface area contributed by atoms with Gasteiger partial charge in [0, 0.05) is 18.2 Å². The van der Waals surface area contributed by atoms with Gasteiger partial charge in [-0.1, -0.05) is 18.7 Å². The van der Waals surface area contributed by atoms with E-state index in [0.29, 0.717) is 6.07 Å². The van der Waals surface area contributed by atoms with Crippen molar-refractivity contribution in [2.75, 3.05) is 0 Å². The molecule has 2 nitrogen and oxygen atoms in total. The van der Waals surface area contributed by atoms with E-state index in [0.717, 1.165) is 12.1 Å². The van der Waals surface area contributed by atoms with Gasteiger partial charge in [-0.15, -0.1) is 5.73 Å². The third-order valence-electron chi connectivity index (χ3n) is 2.07. The molecule has 1 aromatic carbocycles. The van der Waals surface area contributed by atoms with Gasteiger partial charge in [0.15, 0.2) is 0 Å². The summed E-state index contributed by atoms with van der Waals surface area (Å²) in [5.41, 5.74) is 0.600. The van der Waals surface area contributed by atoms with Crippen molar-refractivity contribution in [3.05, 3.63) is 53.5 Å². The van der Waals surface area contributed by atoms with Crippen LogP contribution in [0.15, 0.2) is 36.6 Å². The summed E-state index contributed by atoms with van der Waals surface area (Å²) < 4.78 is 50.7. The molecule has 1 rings (SSSR count). The lowest BCUT2D eigenvalue weighted by Crippen LogP contribution is -2.21. The molecule has 0 aliphatic rings. The average Bonchev–Trinajstić information content (AvgIpc) is 2.26. The van der Waals surface area contributed by atoms with E-state index in [-0.39, 0.29) is 12.1 Å². The minimum atomic E-state index is -4.76. The van der Waals surface area contributed by atoms with Crippen molar-refractivity contribution >= 4 is 5.91 Å². The Balaban J connectivity index is 2.91.